The lowest BCUT2D eigenvalue weighted by Gasteiger charge is -2.25. The van der Waals surface area contributed by atoms with Gasteiger partial charge in [-0.3, -0.25) is 9.69 Å². The summed E-state index contributed by atoms with van der Waals surface area (Å²) >= 11 is 17.2. The molecule has 4 rings (SSSR count). The zero-order valence-corrected chi connectivity index (χ0v) is 16.0. The van der Waals surface area contributed by atoms with Crippen molar-refractivity contribution >= 4 is 62.5 Å². The lowest BCUT2D eigenvalue weighted by atomic mass is 10.1. The van der Waals surface area contributed by atoms with Crippen molar-refractivity contribution in [3.8, 4) is 11.5 Å². The highest BCUT2D eigenvalue weighted by molar-refractivity contribution is 9.10. The van der Waals surface area contributed by atoms with Gasteiger partial charge in [0.1, 0.15) is 5.37 Å². The molecule has 0 aromatic heterocycles. The highest BCUT2D eigenvalue weighted by Gasteiger charge is 2.36. The van der Waals surface area contributed by atoms with Crippen molar-refractivity contribution in [3.05, 3.63) is 50.4 Å². The second kappa shape index (κ2) is 6.33. The standard InChI is InChI=1S/C16H10BrCl2NO3S/c17-10-5-14-13(22-7-23-14)4-9(10)16-20(15(21)6-24-16)8-1-2-11(18)12(19)3-8/h1-5,16H,6-7H2. The number of anilines is 1. The first-order chi connectivity index (χ1) is 11.5. The summed E-state index contributed by atoms with van der Waals surface area (Å²) in [6.07, 6.45) is 0. The molecule has 2 aromatic rings. The molecule has 0 radical (unpaired) electrons. The van der Waals surface area contributed by atoms with Gasteiger partial charge in [0.15, 0.2) is 11.5 Å². The molecule has 1 unspecified atom stereocenters. The van der Waals surface area contributed by atoms with Crippen LogP contribution in [0, 0.1) is 0 Å². The fraction of sp³-hybridized carbons (Fsp3) is 0.188. The van der Waals surface area contributed by atoms with Crippen molar-refractivity contribution < 1.29 is 14.3 Å². The molecule has 0 aliphatic carbocycles. The van der Waals surface area contributed by atoms with Crippen LogP contribution in [0.15, 0.2) is 34.8 Å². The molecule has 8 heteroatoms. The Morgan fingerprint density at radius 3 is 2.62 bits per heavy atom. The number of fused-ring (bicyclic) bond motifs is 1. The van der Waals surface area contributed by atoms with E-state index in [1.807, 2.05) is 12.1 Å². The Kier molecular flexibility index (Phi) is 4.33. The number of amides is 1. The smallest absolute Gasteiger partial charge is 0.238 e. The Bertz CT molecular complexity index is 848. The molecular formula is C16H10BrCl2NO3S. The molecule has 4 nitrogen and oxygen atoms in total. The maximum atomic E-state index is 12.5. The average Bonchev–Trinajstić information content (AvgIpc) is 3.15. The molecule has 0 N–H and O–H groups in total. The fourth-order valence-electron chi connectivity index (χ4n) is 2.69. The van der Waals surface area contributed by atoms with Crippen LogP contribution in [0.4, 0.5) is 5.69 Å². The summed E-state index contributed by atoms with van der Waals surface area (Å²) in [5.41, 5.74) is 1.66. The summed E-state index contributed by atoms with van der Waals surface area (Å²) in [5.74, 6) is 1.79. The van der Waals surface area contributed by atoms with E-state index in [1.54, 1.807) is 34.9 Å². The molecule has 0 saturated carbocycles. The summed E-state index contributed by atoms with van der Waals surface area (Å²) in [7, 11) is 0. The van der Waals surface area contributed by atoms with Gasteiger partial charge in [-0.05, 0) is 30.3 Å². The van der Waals surface area contributed by atoms with Gasteiger partial charge in [-0.1, -0.05) is 39.1 Å². The number of carbonyl (C=O) groups is 1. The molecule has 2 aliphatic rings. The number of nitrogens with zero attached hydrogens (tertiary/aromatic N) is 1. The van der Waals surface area contributed by atoms with Crippen LogP contribution < -0.4 is 14.4 Å². The number of carbonyl (C=O) groups excluding carboxylic acids is 1. The zero-order chi connectivity index (χ0) is 16.8. The summed E-state index contributed by atoms with van der Waals surface area (Å²) in [6.45, 7) is 0.207. The van der Waals surface area contributed by atoms with Gasteiger partial charge in [-0.25, -0.2) is 0 Å². The quantitative estimate of drug-likeness (QED) is 0.630. The van der Waals surface area contributed by atoms with Gasteiger partial charge in [-0.15, -0.1) is 11.8 Å². The zero-order valence-electron chi connectivity index (χ0n) is 12.1. The average molecular weight is 447 g/mol. The highest BCUT2D eigenvalue weighted by atomic mass is 79.9. The Morgan fingerprint density at radius 1 is 1.12 bits per heavy atom. The molecule has 2 aromatic carbocycles. The normalized spacial score (nSPS) is 19.2. The van der Waals surface area contributed by atoms with Crippen molar-refractivity contribution in [2.24, 2.45) is 0 Å². The summed E-state index contributed by atoms with van der Waals surface area (Å²) in [4.78, 5) is 14.2. The van der Waals surface area contributed by atoms with E-state index in [0.29, 0.717) is 33.0 Å². The number of rotatable bonds is 2. The first-order valence-electron chi connectivity index (χ1n) is 7.02. The largest absolute Gasteiger partial charge is 0.454 e. The van der Waals surface area contributed by atoms with Crippen molar-refractivity contribution in [1.29, 1.82) is 0 Å². The number of halogens is 3. The maximum absolute atomic E-state index is 12.5. The van der Waals surface area contributed by atoms with Crippen LogP contribution in [0.2, 0.25) is 10.0 Å². The van der Waals surface area contributed by atoms with E-state index in [2.05, 4.69) is 15.9 Å². The van der Waals surface area contributed by atoms with E-state index in [1.165, 1.54) is 0 Å². The third kappa shape index (κ3) is 2.75. The van der Waals surface area contributed by atoms with E-state index in [4.69, 9.17) is 32.7 Å². The predicted octanol–water partition coefficient (Wildman–Crippen LogP) is 5.26. The third-order valence-corrected chi connectivity index (χ3v) is 6.43. The molecule has 24 heavy (non-hydrogen) atoms. The molecular weight excluding hydrogens is 437 g/mol. The molecule has 2 aliphatic heterocycles. The monoisotopic (exact) mass is 445 g/mol. The number of thioether (sulfide) groups is 1. The van der Waals surface area contributed by atoms with Crippen LogP contribution in [0.3, 0.4) is 0 Å². The maximum Gasteiger partial charge on any atom is 0.238 e. The summed E-state index contributed by atoms with van der Waals surface area (Å²) in [5, 5.41) is 0.696. The van der Waals surface area contributed by atoms with Gasteiger partial charge in [-0.2, -0.15) is 0 Å². The van der Waals surface area contributed by atoms with Gasteiger partial charge < -0.3 is 9.47 Å². The van der Waals surface area contributed by atoms with Crippen LogP contribution in [0.1, 0.15) is 10.9 Å². The van der Waals surface area contributed by atoms with Crippen molar-refractivity contribution in [2.75, 3.05) is 17.4 Å². The van der Waals surface area contributed by atoms with Crippen LogP contribution in [0.25, 0.3) is 0 Å². The molecule has 1 fully saturated rings. The molecule has 0 bridgehead atoms. The van der Waals surface area contributed by atoms with Gasteiger partial charge in [0.2, 0.25) is 12.7 Å². The van der Waals surface area contributed by atoms with E-state index < -0.39 is 0 Å². The number of hydrogen-bond acceptors (Lipinski definition) is 4. The van der Waals surface area contributed by atoms with Crippen LogP contribution in [-0.4, -0.2) is 18.5 Å². The first-order valence-corrected chi connectivity index (χ1v) is 9.62. The van der Waals surface area contributed by atoms with Gasteiger partial charge in [0.05, 0.1) is 15.8 Å². The molecule has 0 spiro atoms. The number of benzene rings is 2. The topological polar surface area (TPSA) is 38.8 Å². The SMILES string of the molecule is O=C1CSC(c2cc3c(cc2Br)OCO3)N1c1ccc(Cl)c(Cl)c1. The van der Waals surface area contributed by atoms with Crippen LogP contribution >= 0.6 is 50.9 Å². The number of ether oxygens (including phenoxy) is 2. The Hall–Kier alpha value is -1.08. The van der Waals surface area contributed by atoms with Crippen LogP contribution in [-0.2, 0) is 4.79 Å². The number of hydrogen-bond donors (Lipinski definition) is 0. The minimum Gasteiger partial charge on any atom is -0.454 e. The molecule has 1 amide bonds. The highest BCUT2D eigenvalue weighted by Crippen LogP contribution is 2.48. The van der Waals surface area contributed by atoms with Crippen molar-refractivity contribution in [1.82, 2.24) is 0 Å². The molecule has 1 saturated heterocycles. The Labute approximate surface area is 161 Å². The van der Waals surface area contributed by atoms with E-state index in [-0.39, 0.29) is 18.1 Å². The van der Waals surface area contributed by atoms with Crippen molar-refractivity contribution in [3.63, 3.8) is 0 Å². The molecule has 124 valence electrons. The minimum absolute atomic E-state index is 0.0213. The van der Waals surface area contributed by atoms with E-state index >= 15 is 0 Å². The van der Waals surface area contributed by atoms with Gasteiger partial charge in [0, 0.05) is 15.7 Å². The Balaban J connectivity index is 1.77. The molecule has 2 heterocycles. The molecule has 1 atom stereocenters. The van der Waals surface area contributed by atoms with Gasteiger partial charge in [0.25, 0.3) is 0 Å². The van der Waals surface area contributed by atoms with E-state index in [0.717, 1.165) is 10.0 Å². The predicted molar refractivity (Wildman–Crippen MR) is 99.4 cm³/mol. The lowest BCUT2D eigenvalue weighted by molar-refractivity contribution is -0.115. The second-order valence-corrected chi connectivity index (χ2v) is 7.99. The minimum atomic E-state index is -0.182. The summed E-state index contributed by atoms with van der Waals surface area (Å²) < 4.78 is 11.7. The lowest BCUT2D eigenvalue weighted by Crippen LogP contribution is -2.28. The Morgan fingerprint density at radius 2 is 1.88 bits per heavy atom. The fourth-order valence-corrected chi connectivity index (χ4v) is 4.88. The van der Waals surface area contributed by atoms with Gasteiger partial charge >= 0.3 is 0 Å². The van der Waals surface area contributed by atoms with Crippen LogP contribution in [0.5, 0.6) is 11.5 Å². The third-order valence-electron chi connectivity index (χ3n) is 3.81. The van der Waals surface area contributed by atoms with Crippen molar-refractivity contribution in [2.45, 2.75) is 5.37 Å². The second-order valence-electron chi connectivity index (χ2n) is 5.25. The summed E-state index contributed by atoms with van der Waals surface area (Å²) in [6, 6.07) is 8.98. The first kappa shape index (κ1) is 16.4. The van der Waals surface area contributed by atoms with E-state index in [9.17, 15) is 4.79 Å².